The largest absolute Gasteiger partial charge is 0.497 e. The van der Waals surface area contributed by atoms with E-state index in [1.807, 2.05) is 0 Å². The summed E-state index contributed by atoms with van der Waals surface area (Å²) in [6.07, 6.45) is 7.34. The van der Waals surface area contributed by atoms with Gasteiger partial charge in [0.2, 0.25) is 0 Å². The molecule has 0 unspecified atom stereocenters. The van der Waals surface area contributed by atoms with Gasteiger partial charge in [-0.2, -0.15) is 0 Å². The lowest BCUT2D eigenvalue weighted by Crippen LogP contribution is -1.99. The molecule has 0 bridgehead atoms. The van der Waals surface area contributed by atoms with Crippen LogP contribution in [0.2, 0.25) is 0 Å². The summed E-state index contributed by atoms with van der Waals surface area (Å²) in [4.78, 5) is 15.1. The van der Waals surface area contributed by atoms with Crippen molar-refractivity contribution in [3.8, 4) is 5.75 Å². The number of fused-ring (bicyclic) bond motifs is 1. The van der Waals surface area contributed by atoms with Crippen LogP contribution in [-0.4, -0.2) is 30.9 Å². The van der Waals surface area contributed by atoms with E-state index in [9.17, 15) is 4.79 Å². The Morgan fingerprint density at radius 1 is 1.41 bits per heavy atom. The van der Waals surface area contributed by atoms with Gasteiger partial charge in [0.1, 0.15) is 5.75 Å². The number of benzene rings is 1. The number of nitrogens with zero attached hydrogens (tertiary/aromatic N) is 1. The Labute approximate surface area is 131 Å². The third-order valence-corrected chi connectivity index (χ3v) is 3.19. The molecule has 0 saturated heterocycles. The molecule has 1 aliphatic rings. The molecule has 5 heteroatoms. The van der Waals surface area contributed by atoms with Gasteiger partial charge in [-0.25, -0.2) is 4.79 Å². The number of unbranched alkanes of at least 4 members (excludes halogenated alkanes) is 2. The number of methoxy groups -OCH3 is 1. The summed E-state index contributed by atoms with van der Waals surface area (Å²) in [6, 6.07) is 5.38. The van der Waals surface area contributed by atoms with Gasteiger partial charge >= 0.3 is 5.97 Å². The Hall–Kier alpha value is -2.14. The topological polar surface area (TPSA) is 84.9 Å². The van der Waals surface area contributed by atoms with Gasteiger partial charge in [-0.3, -0.25) is 4.99 Å². The number of aliphatic carboxylic acids is 1. The van der Waals surface area contributed by atoms with Gasteiger partial charge in [-0.15, -0.1) is 0 Å². The van der Waals surface area contributed by atoms with Crippen molar-refractivity contribution >= 4 is 23.9 Å². The molecule has 22 heavy (non-hydrogen) atoms. The molecule has 2 rings (SSSR count). The van der Waals surface area contributed by atoms with E-state index in [2.05, 4.69) is 11.9 Å². The predicted molar refractivity (Wildman–Crippen MR) is 90.0 cm³/mol. The minimum atomic E-state index is -0.907. The summed E-state index contributed by atoms with van der Waals surface area (Å²) in [5, 5.41) is 8.93. The molecule has 0 aliphatic carbocycles. The summed E-state index contributed by atoms with van der Waals surface area (Å²) in [5.41, 5.74) is 7.09. The number of nitrogens with two attached hydrogens (primary N) is 1. The Morgan fingerprint density at radius 3 is 2.73 bits per heavy atom. The van der Waals surface area contributed by atoms with E-state index >= 15 is 0 Å². The molecule has 0 amide bonds. The Balaban J connectivity index is 0.000000346. The lowest BCUT2D eigenvalue weighted by Gasteiger charge is -2.03. The highest BCUT2D eigenvalue weighted by molar-refractivity contribution is 5.98. The van der Waals surface area contributed by atoms with Crippen LogP contribution in [0.1, 0.15) is 38.2 Å². The van der Waals surface area contributed by atoms with E-state index in [0.717, 1.165) is 17.8 Å². The zero-order chi connectivity index (χ0) is 16.4. The van der Waals surface area contributed by atoms with Crippen molar-refractivity contribution in [1.82, 2.24) is 0 Å². The number of rotatable bonds is 5. The molecule has 1 aromatic carbocycles. The van der Waals surface area contributed by atoms with Gasteiger partial charge in [-0.05, 0) is 31.2 Å². The summed E-state index contributed by atoms with van der Waals surface area (Å²) < 4.78 is 5.08. The van der Waals surface area contributed by atoms with Gasteiger partial charge in [0, 0.05) is 29.8 Å². The molecule has 0 atom stereocenters. The monoisotopic (exact) mass is 304 g/mol. The molecule has 0 radical (unpaired) electrons. The van der Waals surface area contributed by atoms with Crippen LogP contribution in [0.3, 0.4) is 0 Å². The molecule has 0 fully saturated rings. The van der Waals surface area contributed by atoms with Crippen LogP contribution in [0.4, 0.5) is 5.69 Å². The molecule has 0 aromatic heterocycles. The van der Waals surface area contributed by atoms with Crippen molar-refractivity contribution < 1.29 is 14.6 Å². The van der Waals surface area contributed by atoms with Crippen molar-refractivity contribution in [3.63, 3.8) is 0 Å². The number of hydrogen-bond acceptors (Lipinski definition) is 4. The van der Waals surface area contributed by atoms with Crippen LogP contribution in [-0.2, 0) is 4.79 Å². The molecule has 1 heterocycles. The number of carboxylic acids is 1. The second kappa shape index (κ2) is 9.73. The number of aliphatic imine (C=N–C) groups is 1. The first-order valence-electron chi connectivity index (χ1n) is 7.46. The van der Waals surface area contributed by atoms with E-state index in [4.69, 9.17) is 15.6 Å². The van der Waals surface area contributed by atoms with Gasteiger partial charge in [-0.1, -0.05) is 19.8 Å². The summed E-state index contributed by atoms with van der Waals surface area (Å²) >= 11 is 0. The van der Waals surface area contributed by atoms with Gasteiger partial charge in [0.25, 0.3) is 0 Å². The van der Waals surface area contributed by atoms with Crippen LogP contribution in [0, 0.1) is 0 Å². The molecule has 1 aliphatic heterocycles. The summed E-state index contributed by atoms with van der Waals surface area (Å²) in [5.74, 6) is -0.196. The first kappa shape index (κ1) is 17.9. The first-order chi connectivity index (χ1) is 10.6. The Kier molecular flexibility index (Phi) is 7.92. The molecule has 0 saturated carbocycles. The number of carbonyl (C=O) groups is 1. The summed E-state index contributed by atoms with van der Waals surface area (Å²) in [7, 11) is 1.58. The standard InChI is InChI=1S/C12H11NO3.C5H13N/c1-16-10-3-2-8-6-9(12(14)15)4-5-13-11(8)7-10;1-2-3-4-5-6/h2-3,5-7H,4H2,1H3,(H,14,15);2-6H2,1H3. The maximum absolute atomic E-state index is 10.9. The van der Waals surface area contributed by atoms with Crippen molar-refractivity contribution in [1.29, 1.82) is 0 Å². The Morgan fingerprint density at radius 2 is 2.18 bits per heavy atom. The third-order valence-electron chi connectivity index (χ3n) is 3.19. The quantitative estimate of drug-likeness (QED) is 0.816. The van der Waals surface area contributed by atoms with E-state index in [1.165, 1.54) is 19.3 Å². The van der Waals surface area contributed by atoms with Crippen LogP contribution < -0.4 is 10.5 Å². The number of carboxylic acid groups (broad SMARTS) is 1. The minimum absolute atomic E-state index is 0.340. The van der Waals surface area contributed by atoms with E-state index in [1.54, 1.807) is 37.6 Å². The fourth-order valence-electron chi connectivity index (χ4n) is 1.92. The lowest BCUT2D eigenvalue weighted by atomic mass is 10.1. The maximum atomic E-state index is 10.9. The number of hydrogen-bond donors (Lipinski definition) is 2. The van der Waals surface area contributed by atoms with Gasteiger partial charge in [0.15, 0.2) is 0 Å². The maximum Gasteiger partial charge on any atom is 0.331 e. The predicted octanol–water partition coefficient (Wildman–Crippen LogP) is 3.40. The van der Waals surface area contributed by atoms with E-state index in [-0.39, 0.29) is 0 Å². The SMILES string of the molecule is CCCCCN.COc1ccc2c(c1)N=CCC(C(=O)O)=C2. The second-order valence-electron chi connectivity index (χ2n) is 4.91. The second-order valence-corrected chi connectivity index (χ2v) is 4.91. The normalized spacial score (nSPS) is 12.4. The fourth-order valence-corrected chi connectivity index (χ4v) is 1.92. The average molecular weight is 304 g/mol. The van der Waals surface area contributed by atoms with Gasteiger partial charge in [0.05, 0.1) is 12.8 Å². The molecule has 3 N–H and O–H groups in total. The molecule has 5 nitrogen and oxygen atoms in total. The highest BCUT2D eigenvalue weighted by atomic mass is 16.5. The number of ether oxygens (including phenoxy) is 1. The zero-order valence-electron chi connectivity index (χ0n) is 13.2. The molecule has 1 aromatic rings. The van der Waals surface area contributed by atoms with Crippen molar-refractivity contribution in [2.75, 3.05) is 13.7 Å². The fraction of sp³-hybridized carbons (Fsp3) is 0.412. The highest BCUT2D eigenvalue weighted by Crippen LogP contribution is 2.29. The van der Waals surface area contributed by atoms with E-state index in [0.29, 0.717) is 17.7 Å². The third kappa shape index (κ3) is 5.69. The van der Waals surface area contributed by atoms with Crippen molar-refractivity contribution in [2.45, 2.75) is 32.6 Å². The van der Waals surface area contributed by atoms with Crippen molar-refractivity contribution in [2.24, 2.45) is 10.7 Å². The highest BCUT2D eigenvalue weighted by Gasteiger charge is 2.11. The average Bonchev–Trinajstić information content (AvgIpc) is 2.75. The minimum Gasteiger partial charge on any atom is -0.497 e. The van der Waals surface area contributed by atoms with Crippen LogP contribution in [0.15, 0.2) is 28.8 Å². The van der Waals surface area contributed by atoms with Gasteiger partial charge < -0.3 is 15.6 Å². The van der Waals surface area contributed by atoms with Crippen LogP contribution in [0.25, 0.3) is 6.08 Å². The summed E-state index contributed by atoms with van der Waals surface area (Å²) in [6.45, 7) is 3.03. The zero-order valence-corrected chi connectivity index (χ0v) is 13.2. The smallest absolute Gasteiger partial charge is 0.331 e. The molecular formula is C17H24N2O3. The van der Waals surface area contributed by atoms with Crippen molar-refractivity contribution in [3.05, 3.63) is 29.3 Å². The molecular weight excluding hydrogens is 280 g/mol. The van der Waals surface area contributed by atoms with Crippen LogP contribution >= 0.6 is 0 Å². The molecule has 120 valence electrons. The lowest BCUT2D eigenvalue weighted by molar-refractivity contribution is -0.132. The molecule has 0 spiro atoms. The Bertz CT molecular complexity index is 547. The van der Waals surface area contributed by atoms with E-state index < -0.39 is 5.97 Å². The first-order valence-corrected chi connectivity index (χ1v) is 7.46. The van der Waals surface area contributed by atoms with Crippen LogP contribution in [0.5, 0.6) is 5.75 Å².